The van der Waals surface area contributed by atoms with Crippen LogP contribution >= 0.6 is 0 Å². The molecule has 0 saturated heterocycles. The zero-order chi connectivity index (χ0) is 24.4. The number of carbonyl (C=O) groups is 2. The van der Waals surface area contributed by atoms with Crippen molar-refractivity contribution in [2.45, 2.75) is 36.7 Å². The molecule has 1 aliphatic rings. The first kappa shape index (κ1) is 24.6. The number of benzene rings is 2. The molecule has 1 aliphatic heterocycles. The van der Waals surface area contributed by atoms with Gasteiger partial charge in [-0.1, -0.05) is 18.2 Å². The van der Waals surface area contributed by atoms with Crippen molar-refractivity contribution in [3.05, 3.63) is 59.2 Å². The van der Waals surface area contributed by atoms with Crippen molar-refractivity contribution in [3.63, 3.8) is 0 Å². The van der Waals surface area contributed by atoms with Crippen LogP contribution in [0.5, 0.6) is 0 Å². The van der Waals surface area contributed by atoms with Crippen LogP contribution in [0.4, 0.5) is 5.69 Å². The van der Waals surface area contributed by atoms with E-state index in [-0.39, 0.29) is 48.2 Å². The zero-order valence-corrected chi connectivity index (χ0v) is 19.3. The molecule has 5 N–H and O–H groups in total. The summed E-state index contributed by atoms with van der Waals surface area (Å²) in [5.41, 5.74) is 2.13. The van der Waals surface area contributed by atoms with Gasteiger partial charge in [0.1, 0.15) is 6.04 Å². The molecule has 3 rings (SSSR count). The Hall–Kier alpha value is -3.00. The first-order chi connectivity index (χ1) is 15.4. The fraction of sp³-hybridized carbons (Fsp3) is 0.300. The molecular weight excluding hydrogens is 472 g/mol. The first-order valence-electron chi connectivity index (χ1n) is 9.87. The number of hydrogen-bond acceptors (Lipinski definition) is 6. The van der Waals surface area contributed by atoms with Crippen molar-refractivity contribution in [3.8, 4) is 0 Å². The summed E-state index contributed by atoms with van der Waals surface area (Å²) in [6, 6.07) is 9.82. The number of likely N-dealkylation sites (N-methyl/N-ethyl adjacent to an activating group) is 1. The van der Waals surface area contributed by atoms with E-state index >= 15 is 0 Å². The third-order valence-electron chi connectivity index (χ3n) is 5.31. The highest BCUT2D eigenvalue weighted by molar-refractivity contribution is 7.89. The van der Waals surface area contributed by atoms with Crippen molar-refractivity contribution in [2.24, 2.45) is 5.14 Å². The number of sulfonamides is 1. The van der Waals surface area contributed by atoms with E-state index in [1.165, 1.54) is 42.3 Å². The molecule has 1 unspecified atom stereocenters. The third-order valence-corrected chi connectivity index (χ3v) is 6.71. The second kappa shape index (κ2) is 9.47. The monoisotopic (exact) mass is 496 g/mol. The number of nitrogens with two attached hydrogens (primary N) is 1. The third kappa shape index (κ3) is 6.28. The lowest BCUT2D eigenvalue weighted by atomic mass is 9.92. The Morgan fingerprint density at radius 2 is 1.85 bits per heavy atom. The maximum atomic E-state index is 13.1. The van der Waals surface area contributed by atoms with Gasteiger partial charge in [-0.2, -0.15) is 8.42 Å². The van der Waals surface area contributed by atoms with Crippen LogP contribution in [0.2, 0.25) is 0 Å². The van der Waals surface area contributed by atoms with Gasteiger partial charge in [0.15, 0.2) is 0 Å². The largest absolute Gasteiger partial charge is 0.357 e. The molecule has 2 aromatic rings. The number of rotatable bonds is 7. The number of nitrogens with zero attached hydrogens (tertiary/aromatic N) is 1. The van der Waals surface area contributed by atoms with Crippen molar-refractivity contribution in [1.29, 1.82) is 0 Å². The molecule has 1 atom stereocenters. The van der Waals surface area contributed by atoms with Crippen LogP contribution in [0, 0.1) is 0 Å². The normalized spacial score (nSPS) is 16.1. The lowest BCUT2D eigenvalue weighted by Crippen LogP contribution is -2.52. The van der Waals surface area contributed by atoms with Crippen LogP contribution < -0.4 is 15.2 Å². The Bertz CT molecular complexity index is 1290. The van der Waals surface area contributed by atoms with Gasteiger partial charge >= 0.3 is 10.3 Å². The Morgan fingerprint density at radius 3 is 2.48 bits per heavy atom. The summed E-state index contributed by atoms with van der Waals surface area (Å²) < 4.78 is 56.3. The summed E-state index contributed by atoms with van der Waals surface area (Å²) in [6.07, 6.45) is 0.476. The van der Waals surface area contributed by atoms with Crippen molar-refractivity contribution >= 4 is 37.8 Å². The van der Waals surface area contributed by atoms with Gasteiger partial charge in [-0.05, 0) is 47.4 Å². The molecule has 0 fully saturated rings. The van der Waals surface area contributed by atoms with Gasteiger partial charge in [-0.15, -0.1) is 0 Å². The average Bonchev–Trinajstić information content (AvgIpc) is 2.74. The summed E-state index contributed by atoms with van der Waals surface area (Å²) >= 11 is 0. The molecule has 0 spiro atoms. The molecule has 2 aromatic carbocycles. The highest BCUT2D eigenvalue weighted by Gasteiger charge is 2.34. The standard InChI is InChI=1S/C20H24N4O7S2/c1-22-20(26)18-11-14-6-7-16(23-33(29,30)31)10-15(14)12-24(18)19(25)8-5-13-3-2-4-17(9-13)32(21,27)28/h2-4,6-7,9-10,18,23H,5,8,11-12H2,1H3,(H,22,26)(H2,21,27,28)(H,29,30,31). The molecule has 0 aliphatic carbocycles. The predicted molar refractivity (Wildman–Crippen MR) is 120 cm³/mol. The molecule has 178 valence electrons. The number of carbonyl (C=O) groups excluding carboxylic acids is 2. The van der Waals surface area contributed by atoms with Gasteiger partial charge < -0.3 is 10.2 Å². The van der Waals surface area contributed by atoms with E-state index in [9.17, 15) is 26.4 Å². The molecule has 0 radical (unpaired) electrons. The number of amides is 2. The minimum atomic E-state index is -4.46. The van der Waals surface area contributed by atoms with Gasteiger partial charge in [-0.3, -0.25) is 18.9 Å². The fourth-order valence-electron chi connectivity index (χ4n) is 3.73. The maximum absolute atomic E-state index is 13.1. The second-order valence-corrected chi connectivity index (χ2v) is 10.3. The smallest absolute Gasteiger partial charge is 0.357 e. The molecule has 0 bridgehead atoms. The van der Waals surface area contributed by atoms with Gasteiger partial charge in [0.25, 0.3) is 0 Å². The molecule has 13 heteroatoms. The van der Waals surface area contributed by atoms with Crippen LogP contribution in [0.3, 0.4) is 0 Å². The number of aryl methyl sites for hydroxylation is 1. The molecule has 1 heterocycles. The number of anilines is 1. The van der Waals surface area contributed by atoms with Crippen LogP contribution in [-0.2, 0) is 49.3 Å². The van der Waals surface area contributed by atoms with E-state index in [4.69, 9.17) is 9.69 Å². The second-order valence-electron chi connectivity index (χ2n) is 7.61. The van der Waals surface area contributed by atoms with E-state index in [0.29, 0.717) is 11.1 Å². The molecular formula is C20H24N4O7S2. The highest BCUT2D eigenvalue weighted by Crippen LogP contribution is 2.27. The molecule has 0 aromatic heterocycles. The SMILES string of the molecule is CNC(=O)C1Cc2ccc(NS(=O)(=O)O)cc2CN1C(=O)CCc1cccc(S(N)(=O)=O)c1. The van der Waals surface area contributed by atoms with Gasteiger partial charge in [0.2, 0.25) is 21.8 Å². The van der Waals surface area contributed by atoms with E-state index in [2.05, 4.69) is 5.32 Å². The lowest BCUT2D eigenvalue weighted by molar-refractivity contribution is -0.141. The molecule has 11 nitrogen and oxygen atoms in total. The van der Waals surface area contributed by atoms with E-state index in [0.717, 1.165) is 5.56 Å². The Morgan fingerprint density at radius 1 is 1.12 bits per heavy atom. The summed E-state index contributed by atoms with van der Waals surface area (Å²) in [4.78, 5) is 26.9. The summed E-state index contributed by atoms with van der Waals surface area (Å²) in [5, 5.41) is 7.71. The van der Waals surface area contributed by atoms with Gasteiger partial charge in [0.05, 0.1) is 10.6 Å². The number of fused-ring (bicyclic) bond motifs is 1. The van der Waals surface area contributed by atoms with Crippen LogP contribution in [0.1, 0.15) is 23.1 Å². The number of primary sulfonamides is 1. The van der Waals surface area contributed by atoms with Crippen LogP contribution in [0.15, 0.2) is 47.4 Å². The van der Waals surface area contributed by atoms with Gasteiger partial charge in [0, 0.05) is 26.4 Å². The lowest BCUT2D eigenvalue weighted by Gasteiger charge is -2.36. The van der Waals surface area contributed by atoms with Crippen molar-refractivity contribution in [2.75, 3.05) is 11.8 Å². The minimum Gasteiger partial charge on any atom is -0.357 e. The van der Waals surface area contributed by atoms with E-state index in [1.807, 2.05) is 4.72 Å². The first-order valence-corrected chi connectivity index (χ1v) is 12.9. The highest BCUT2D eigenvalue weighted by atomic mass is 32.2. The minimum absolute atomic E-state index is 0.0137. The molecule has 0 saturated carbocycles. The van der Waals surface area contributed by atoms with E-state index in [1.54, 1.807) is 12.1 Å². The number of hydrogen-bond donors (Lipinski definition) is 4. The average molecular weight is 497 g/mol. The van der Waals surface area contributed by atoms with Crippen LogP contribution in [-0.4, -0.2) is 51.2 Å². The zero-order valence-electron chi connectivity index (χ0n) is 17.7. The Kier molecular flexibility index (Phi) is 7.07. The topological polar surface area (TPSA) is 176 Å². The van der Waals surface area contributed by atoms with E-state index < -0.39 is 26.4 Å². The summed E-state index contributed by atoms with van der Waals surface area (Å²) in [7, 11) is -6.86. The molecule has 33 heavy (non-hydrogen) atoms. The summed E-state index contributed by atoms with van der Waals surface area (Å²) in [5.74, 6) is -0.672. The Labute approximate surface area is 191 Å². The van der Waals surface area contributed by atoms with Crippen molar-refractivity contribution < 1.29 is 31.0 Å². The van der Waals surface area contributed by atoms with Gasteiger partial charge in [-0.25, -0.2) is 13.6 Å². The van der Waals surface area contributed by atoms with Crippen molar-refractivity contribution in [1.82, 2.24) is 10.2 Å². The number of nitrogens with one attached hydrogen (secondary N) is 2. The quantitative estimate of drug-likeness (QED) is 0.395. The Balaban J connectivity index is 1.82. The summed E-state index contributed by atoms with van der Waals surface area (Å²) in [6.45, 7) is 0.0600. The fourth-order valence-corrected chi connectivity index (χ4v) is 4.74. The molecule has 2 amide bonds. The van der Waals surface area contributed by atoms with Crippen LogP contribution in [0.25, 0.3) is 0 Å². The predicted octanol–water partition coefficient (Wildman–Crippen LogP) is 0.181. The maximum Gasteiger partial charge on any atom is 0.357 e.